The Kier molecular flexibility index (Phi) is 4.34. The van der Waals surface area contributed by atoms with Gasteiger partial charge in [-0.05, 0) is 24.6 Å². The summed E-state index contributed by atoms with van der Waals surface area (Å²) < 4.78 is 37.5. The van der Waals surface area contributed by atoms with Gasteiger partial charge in [-0.2, -0.15) is 13.2 Å². The van der Waals surface area contributed by atoms with Gasteiger partial charge in [-0.15, -0.1) is 0 Å². The van der Waals surface area contributed by atoms with Crippen molar-refractivity contribution in [1.82, 2.24) is 4.90 Å². The number of nitrogens with two attached hydrogens (primary N) is 1. The standard InChI is InChI=1S/C12H15F3N2O/c1-8(16)11(18)17(2)7-9-4-3-5-10(6-9)12(13,14)15/h3-6,8H,7,16H2,1-2H3. The van der Waals surface area contributed by atoms with E-state index in [2.05, 4.69) is 0 Å². The number of nitrogens with zero attached hydrogens (tertiary/aromatic N) is 1. The Bertz CT molecular complexity index is 430. The van der Waals surface area contributed by atoms with Crippen LogP contribution in [0, 0.1) is 0 Å². The third-order valence-electron chi connectivity index (χ3n) is 2.44. The SMILES string of the molecule is CC(N)C(=O)N(C)Cc1cccc(C(F)(F)F)c1. The van der Waals surface area contributed by atoms with Crippen LogP contribution in [0.4, 0.5) is 13.2 Å². The second-order valence-corrected chi connectivity index (χ2v) is 4.18. The van der Waals surface area contributed by atoms with Crippen molar-refractivity contribution in [3.05, 3.63) is 35.4 Å². The van der Waals surface area contributed by atoms with E-state index in [9.17, 15) is 18.0 Å². The molecule has 0 saturated heterocycles. The van der Waals surface area contributed by atoms with E-state index in [-0.39, 0.29) is 12.5 Å². The highest BCUT2D eigenvalue weighted by Gasteiger charge is 2.30. The molecule has 0 heterocycles. The van der Waals surface area contributed by atoms with E-state index < -0.39 is 17.8 Å². The van der Waals surface area contributed by atoms with E-state index in [1.165, 1.54) is 24.9 Å². The molecule has 1 rings (SSSR count). The summed E-state index contributed by atoms with van der Waals surface area (Å²) in [6, 6.07) is 4.23. The molecular formula is C12H15F3N2O. The van der Waals surface area contributed by atoms with Crippen LogP contribution in [0.25, 0.3) is 0 Å². The normalized spacial score (nSPS) is 13.2. The number of likely N-dealkylation sites (N-methyl/N-ethyl adjacent to an activating group) is 1. The fourth-order valence-electron chi connectivity index (χ4n) is 1.55. The van der Waals surface area contributed by atoms with E-state index in [1.54, 1.807) is 6.07 Å². The zero-order chi connectivity index (χ0) is 13.9. The van der Waals surface area contributed by atoms with Gasteiger partial charge in [-0.25, -0.2) is 0 Å². The zero-order valence-electron chi connectivity index (χ0n) is 10.2. The van der Waals surface area contributed by atoms with E-state index in [0.717, 1.165) is 12.1 Å². The number of benzene rings is 1. The van der Waals surface area contributed by atoms with Crippen molar-refractivity contribution in [2.75, 3.05) is 7.05 Å². The number of hydrogen-bond acceptors (Lipinski definition) is 2. The Labute approximate surface area is 103 Å². The molecule has 0 aromatic heterocycles. The Morgan fingerprint density at radius 2 is 2.06 bits per heavy atom. The maximum atomic E-state index is 12.5. The molecular weight excluding hydrogens is 245 g/mol. The second-order valence-electron chi connectivity index (χ2n) is 4.18. The van der Waals surface area contributed by atoms with Crippen LogP contribution in [0.1, 0.15) is 18.1 Å². The quantitative estimate of drug-likeness (QED) is 0.903. The lowest BCUT2D eigenvalue weighted by atomic mass is 10.1. The highest BCUT2D eigenvalue weighted by atomic mass is 19.4. The summed E-state index contributed by atoms with van der Waals surface area (Å²) in [5.74, 6) is -0.313. The molecule has 0 fully saturated rings. The smallest absolute Gasteiger partial charge is 0.340 e. The first kappa shape index (κ1) is 14.5. The fraction of sp³-hybridized carbons (Fsp3) is 0.417. The molecule has 1 atom stereocenters. The number of alkyl halides is 3. The zero-order valence-corrected chi connectivity index (χ0v) is 10.2. The molecule has 0 aliphatic heterocycles. The van der Waals surface area contributed by atoms with Gasteiger partial charge in [0.25, 0.3) is 0 Å². The predicted molar refractivity (Wildman–Crippen MR) is 61.6 cm³/mol. The van der Waals surface area contributed by atoms with Gasteiger partial charge >= 0.3 is 6.18 Å². The van der Waals surface area contributed by atoms with Gasteiger partial charge in [0.05, 0.1) is 11.6 Å². The molecule has 18 heavy (non-hydrogen) atoms. The summed E-state index contributed by atoms with van der Waals surface area (Å²) in [5, 5.41) is 0. The lowest BCUT2D eigenvalue weighted by Gasteiger charge is -2.19. The van der Waals surface area contributed by atoms with Gasteiger partial charge in [-0.1, -0.05) is 12.1 Å². The highest BCUT2D eigenvalue weighted by Crippen LogP contribution is 2.29. The van der Waals surface area contributed by atoms with Crippen LogP contribution in [0.5, 0.6) is 0 Å². The van der Waals surface area contributed by atoms with Gasteiger partial charge in [0.15, 0.2) is 0 Å². The lowest BCUT2D eigenvalue weighted by molar-refractivity contribution is -0.137. The topological polar surface area (TPSA) is 46.3 Å². The predicted octanol–water partition coefficient (Wildman–Crippen LogP) is 2.01. The van der Waals surface area contributed by atoms with Crippen molar-refractivity contribution in [1.29, 1.82) is 0 Å². The second kappa shape index (κ2) is 5.39. The van der Waals surface area contributed by atoms with E-state index in [4.69, 9.17) is 5.73 Å². The molecule has 0 aliphatic rings. The Balaban J connectivity index is 2.83. The van der Waals surface area contributed by atoms with Crippen molar-refractivity contribution < 1.29 is 18.0 Å². The number of halogens is 3. The summed E-state index contributed by atoms with van der Waals surface area (Å²) in [4.78, 5) is 12.8. The van der Waals surface area contributed by atoms with E-state index in [1.807, 2.05) is 0 Å². The number of amides is 1. The first-order valence-electron chi connectivity index (χ1n) is 5.38. The molecule has 0 spiro atoms. The molecule has 3 nitrogen and oxygen atoms in total. The maximum Gasteiger partial charge on any atom is 0.416 e. The summed E-state index contributed by atoms with van der Waals surface area (Å²) in [7, 11) is 1.51. The lowest BCUT2D eigenvalue weighted by Crippen LogP contribution is -2.39. The molecule has 6 heteroatoms. The summed E-state index contributed by atoms with van der Waals surface area (Å²) >= 11 is 0. The van der Waals surface area contributed by atoms with Gasteiger partial charge in [0.1, 0.15) is 0 Å². The molecule has 1 aromatic rings. The van der Waals surface area contributed by atoms with Crippen LogP contribution in [0.3, 0.4) is 0 Å². The van der Waals surface area contributed by atoms with Gasteiger partial charge < -0.3 is 10.6 Å². The van der Waals surface area contributed by atoms with Crippen LogP contribution < -0.4 is 5.73 Å². The molecule has 1 unspecified atom stereocenters. The third kappa shape index (κ3) is 3.73. The Morgan fingerprint density at radius 3 is 2.56 bits per heavy atom. The van der Waals surface area contributed by atoms with E-state index in [0.29, 0.717) is 5.56 Å². The van der Waals surface area contributed by atoms with Crippen LogP contribution >= 0.6 is 0 Å². The van der Waals surface area contributed by atoms with Crippen molar-refractivity contribution in [2.45, 2.75) is 25.7 Å². The van der Waals surface area contributed by atoms with Gasteiger partial charge in [0.2, 0.25) is 5.91 Å². The molecule has 1 aromatic carbocycles. The highest BCUT2D eigenvalue weighted by molar-refractivity contribution is 5.80. The third-order valence-corrected chi connectivity index (χ3v) is 2.44. The molecule has 0 saturated carbocycles. The average Bonchev–Trinajstić information content (AvgIpc) is 2.27. The summed E-state index contributed by atoms with van der Waals surface area (Å²) in [5.41, 5.74) is 5.12. The van der Waals surface area contributed by atoms with Crippen molar-refractivity contribution >= 4 is 5.91 Å². The van der Waals surface area contributed by atoms with Crippen molar-refractivity contribution in [3.63, 3.8) is 0 Å². The molecule has 2 N–H and O–H groups in total. The molecule has 100 valence electrons. The Hall–Kier alpha value is -1.56. The monoisotopic (exact) mass is 260 g/mol. The Morgan fingerprint density at radius 1 is 1.44 bits per heavy atom. The molecule has 1 amide bonds. The molecule has 0 radical (unpaired) electrons. The minimum Gasteiger partial charge on any atom is -0.340 e. The number of hydrogen-bond donors (Lipinski definition) is 1. The number of carbonyl (C=O) groups excluding carboxylic acids is 1. The maximum absolute atomic E-state index is 12.5. The summed E-state index contributed by atoms with van der Waals surface area (Å²) in [6.07, 6.45) is -4.38. The molecule has 0 bridgehead atoms. The first-order valence-corrected chi connectivity index (χ1v) is 5.38. The van der Waals surface area contributed by atoms with Crippen LogP contribution in [-0.4, -0.2) is 23.9 Å². The number of carbonyl (C=O) groups is 1. The van der Waals surface area contributed by atoms with Crippen LogP contribution in [0.2, 0.25) is 0 Å². The average molecular weight is 260 g/mol. The van der Waals surface area contributed by atoms with E-state index >= 15 is 0 Å². The fourth-order valence-corrected chi connectivity index (χ4v) is 1.55. The van der Waals surface area contributed by atoms with Crippen LogP contribution in [-0.2, 0) is 17.5 Å². The summed E-state index contributed by atoms with van der Waals surface area (Å²) in [6.45, 7) is 1.63. The van der Waals surface area contributed by atoms with Crippen molar-refractivity contribution in [3.8, 4) is 0 Å². The van der Waals surface area contributed by atoms with Crippen molar-refractivity contribution in [2.24, 2.45) is 5.73 Å². The van der Waals surface area contributed by atoms with Gasteiger partial charge in [0, 0.05) is 13.6 Å². The largest absolute Gasteiger partial charge is 0.416 e. The number of rotatable bonds is 3. The molecule has 0 aliphatic carbocycles. The minimum absolute atomic E-state index is 0.101. The van der Waals surface area contributed by atoms with Gasteiger partial charge in [-0.3, -0.25) is 4.79 Å². The van der Waals surface area contributed by atoms with Crippen LogP contribution in [0.15, 0.2) is 24.3 Å². The minimum atomic E-state index is -4.38. The first-order chi connectivity index (χ1) is 8.21.